The highest BCUT2D eigenvalue weighted by molar-refractivity contribution is 6.39. The van der Waals surface area contributed by atoms with Crippen molar-refractivity contribution in [3.8, 4) is 0 Å². The average Bonchev–Trinajstić information content (AvgIpc) is 3.02. The molecule has 0 aliphatic rings. The van der Waals surface area contributed by atoms with Gasteiger partial charge in [-0.1, -0.05) is 0 Å². The van der Waals surface area contributed by atoms with Crippen molar-refractivity contribution in [1.82, 2.24) is 5.32 Å². The molecule has 3 N–H and O–H groups in total. The molecule has 0 fully saturated rings. The van der Waals surface area contributed by atoms with E-state index in [4.69, 9.17) is 4.42 Å². The standard InChI is InChI=1S/C16H17N3O4/c1-11(20)18-13-2-4-14(5-3-13)19-16(22)15(21)17-8-6-12-7-9-23-10-12/h2-5,7,9-10H,6,8H2,1H3,(H,17,21)(H,18,20)(H,19,22). The summed E-state index contributed by atoms with van der Waals surface area (Å²) in [6.07, 6.45) is 3.72. The molecule has 0 atom stereocenters. The lowest BCUT2D eigenvalue weighted by Crippen LogP contribution is -2.36. The Hall–Kier alpha value is -3.09. The quantitative estimate of drug-likeness (QED) is 0.728. The van der Waals surface area contributed by atoms with Crippen molar-refractivity contribution < 1.29 is 18.8 Å². The molecule has 0 unspecified atom stereocenters. The minimum absolute atomic E-state index is 0.182. The summed E-state index contributed by atoms with van der Waals surface area (Å²) < 4.78 is 4.91. The monoisotopic (exact) mass is 315 g/mol. The van der Waals surface area contributed by atoms with E-state index in [2.05, 4.69) is 16.0 Å². The molecule has 0 saturated heterocycles. The highest BCUT2D eigenvalue weighted by Crippen LogP contribution is 2.13. The van der Waals surface area contributed by atoms with E-state index >= 15 is 0 Å². The second-order valence-corrected chi connectivity index (χ2v) is 4.85. The maximum Gasteiger partial charge on any atom is 0.313 e. The smallest absolute Gasteiger partial charge is 0.313 e. The fourth-order valence-corrected chi connectivity index (χ4v) is 1.86. The third-order valence-corrected chi connectivity index (χ3v) is 2.95. The SMILES string of the molecule is CC(=O)Nc1ccc(NC(=O)C(=O)NCCc2ccoc2)cc1. The third kappa shape index (κ3) is 5.31. The first kappa shape index (κ1) is 16.3. The van der Waals surface area contributed by atoms with Crippen LogP contribution in [0, 0.1) is 0 Å². The number of hydrogen-bond donors (Lipinski definition) is 3. The Morgan fingerprint density at radius 2 is 1.61 bits per heavy atom. The molecule has 1 aromatic heterocycles. The van der Waals surface area contributed by atoms with Crippen LogP contribution >= 0.6 is 0 Å². The van der Waals surface area contributed by atoms with Crippen LogP contribution in [0.2, 0.25) is 0 Å². The van der Waals surface area contributed by atoms with Crippen LogP contribution in [0.4, 0.5) is 11.4 Å². The van der Waals surface area contributed by atoms with Gasteiger partial charge >= 0.3 is 11.8 Å². The Balaban J connectivity index is 1.78. The number of benzene rings is 1. The van der Waals surface area contributed by atoms with Crippen LogP contribution in [0.25, 0.3) is 0 Å². The molecule has 0 aliphatic carbocycles. The molecule has 0 aliphatic heterocycles. The van der Waals surface area contributed by atoms with Gasteiger partial charge in [0, 0.05) is 24.8 Å². The lowest BCUT2D eigenvalue weighted by molar-refractivity contribution is -0.136. The van der Waals surface area contributed by atoms with Crippen molar-refractivity contribution in [2.45, 2.75) is 13.3 Å². The van der Waals surface area contributed by atoms with Gasteiger partial charge in [0.25, 0.3) is 0 Å². The molecule has 0 spiro atoms. The molecular formula is C16H17N3O4. The first-order valence-electron chi connectivity index (χ1n) is 7.02. The summed E-state index contributed by atoms with van der Waals surface area (Å²) in [5, 5.41) is 7.62. The van der Waals surface area contributed by atoms with E-state index in [1.54, 1.807) is 42.9 Å². The van der Waals surface area contributed by atoms with E-state index < -0.39 is 11.8 Å². The third-order valence-electron chi connectivity index (χ3n) is 2.95. The van der Waals surface area contributed by atoms with Gasteiger partial charge in [-0.15, -0.1) is 0 Å². The Morgan fingerprint density at radius 1 is 0.957 bits per heavy atom. The zero-order valence-electron chi connectivity index (χ0n) is 12.6. The second-order valence-electron chi connectivity index (χ2n) is 4.85. The Morgan fingerprint density at radius 3 is 2.17 bits per heavy atom. The highest BCUT2D eigenvalue weighted by atomic mass is 16.3. The van der Waals surface area contributed by atoms with Crippen LogP contribution in [0.15, 0.2) is 47.3 Å². The summed E-state index contributed by atoms with van der Waals surface area (Å²) in [6, 6.07) is 8.26. The van der Waals surface area contributed by atoms with E-state index in [1.807, 2.05) is 0 Å². The van der Waals surface area contributed by atoms with Crippen LogP contribution < -0.4 is 16.0 Å². The van der Waals surface area contributed by atoms with Gasteiger partial charge in [0.15, 0.2) is 0 Å². The van der Waals surface area contributed by atoms with Crippen molar-refractivity contribution in [2.75, 3.05) is 17.2 Å². The van der Waals surface area contributed by atoms with Gasteiger partial charge in [0.1, 0.15) is 0 Å². The molecular weight excluding hydrogens is 298 g/mol. The predicted octanol–water partition coefficient (Wildman–Crippen LogP) is 1.54. The van der Waals surface area contributed by atoms with Gasteiger partial charge < -0.3 is 20.4 Å². The van der Waals surface area contributed by atoms with Crippen molar-refractivity contribution in [3.63, 3.8) is 0 Å². The Labute approximate surface area is 133 Å². The van der Waals surface area contributed by atoms with E-state index in [9.17, 15) is 14.4 Å². The first-order chi connectivity index (χ1) is 11.0. The van der Waals surface area contributed by atoms with Gasteiger partial charge in [-0.3, -0.25) is 14.4 Å². The normalized spacial score (nSPS) is 9.96. The van der Waals surface area contributed by atoms with Gasteiger partial charge in [-0.25, -0.2) is 0 Å². The zero-order valence-corrected chi connectivity index (χ0v) is 12.6. The molecule has 2 rings (SSSR count). The minimum Gasteiger partial charge on any atom is -0.472 e. The summed E-state index contributed by atoms with van der Waals surface area (Å²) in [6.45, 7) is 1.75. The zero-order chi connectivity index (χ0) is 16.7. The van der Waals surface area contributed by atoms with Crippen molar-refractivity contribution in [1.29, 1.82) is 0 Å². The predicted molar refractivity (Wildman–Crippen MR) is 84.8 cm³/mol. The minimum atomic E-state index is -0.746. The molecule has 2 aromatic rings. The number of carbonyl (C=O) groups is 3. The van der Waals surface area contributed by atoms with Crippen molar-refractivity contribution in [2.24, 2.45) is 0 Å². The second kappa shape index (κ2) is 7.79. The molecule has 0 bridgehead atoms. The van der Waals surface area contributed by atoms with Crippen molar-refractivity contribution >= 4 is 29.1 Å². The first-order valence-corrected chi connectivity index (χ1v) is 7.02. The molecule has 1 aromatic carbocycles. The number of hydrogen-bond acceptors (Lipinski definition) is 4. The molecule has 7 nitrogen and oxygen atoms in total. The molecule has 3 amide bonds. The molecule has 23 heavy (non-hydrogen) atoms. The molecule has 1 heterocycles. The van der Waals surface area contributed by atoms with E-state index in [0.717, 1.165) is 5.56 Å². The van der Waals surface area contributed by atoms with Gasteiger partial charge in [-0.05, 0) is 42.3 Å². The van der Waals surface area contributed by atoms with Gasteiger partial charge in [0.05, 0.1) is 12.5 Å². The summed E-state index contributed by atoms with van der Waals surface area (Å²) in [5.74, 6) is -1.64. The largest absolute Gasteiger partial charge is 0.472 e. The molecule has 0 saturated carbocycles. The number of carbonyl (C=O) groups excluding carboxylic acids is 3. The van der Waals surface area contributed by atoms with Crippen LogP contribution in [0.1, 0.15) is 12.5 Å². The van der Waals surface area contributed by atoms with Gasteiger partial charge in [0.2, 0.25) is 5.91 Å². The highest BCUT2D eigenvalue weighted by Gasteiger charge is 2.13. The van der Waals surface area contributed by atoms with Gasteiger partial charge in [-0.2, -0.15) is 0 Å². The summed E-state index contributed by atoms with van der Waals surface area (Å²) >= 11 is 0. The van der Waals surface area contributed by atoms with E-state index in [0.29, 0.717) is 24.3 Å². The van der Waals surface area contributed by atoms with Crippen LogP contribution in [0.5, 0.6) is 0 Å². The Bertz CT molecular complexity index is 678. The lowest BCUT2D eigenvalue weighted by atomic mass is 10.2. The maximum atomic E-state index is 11.8. The van der Waals surface area contributed by atoms with Crippen LogP contribution in [-0.4, -0.2) is 24.3 Å². The lowest BCUT2D eigenvalue weighted by Gasteiger charge is -2.07. The average molecular weight is 315 g/mol. The molecule has 0 radical (unpaired) electrons. The fourth-order valence-electron chi connectivity index (χ4n) is 1.86. The topological polar surface area (TPSA) is 100 Å². The number of anilines is 2. The van der Waals surface area contributed by atoms with Crippen LogP contribution in [0.3, 0.4) is 0 Å². The summed E-state index contributed by atoms with van der Waals surface area (Å²) in [5.41, 5.74) is 2.02. The van der Waals surface area contributed by atoms with E-state index in [1.165, 1.54) is 6.92 Å². The summed E-state index contributed by atoms with van der Waals surface area (Å²) in [7, 11) is 0. The number of nitrogens with one attached hydrogen (secondary N) is 3. The Kier molecular flexibility index (Phi) is 5.51. The number of furan rings is 1. The molecule has 7 heteroatoms. The number of rotatable bonds is 5. The van der Waals surface area contributed by atoms with E-state index in [-0.39, 0.29) is 5.91 Å². The van der Waals surface area contributed by atoms with Crippen LogP contribution in [-0.2, 0) is 20.8 Å². The summed E-state index contributed by atoms with van der Waals surface area (Å²) in [4.78, 5) is 34.4. The number of amides is 3. The molecule has 120 valence electrons. The fraction of sp³-hybridized carbons (Fsp3) is 0.188. The van der Waals surface area contributed by atoms with Crippen molar-refractivity contribution in [3.05, 3.63) is 48.4 Å². The maximum absolute atomic E-state index is 11.8.